The fourth-order valence-electron chi connectivity index (χ4n) is 2.93. The summed E-state index contributed by atoms with van der Waals surface area (Å²) in [5.74, 6) is 0.489. The molecule has 0 saturated heterocycles. The summed E-state index contributed by atoms with van der Waals surface area (Å²) in [6.07, 6.45) is 1.10. The van der Waals surface area contributed by atoms with Crippen molar-refractivity contribution in [2.24, 2.45) is 0 Å². The van der Waals surface area contributed by atoms with E-state index in [1.165, 1.54) is 17.8 Å². The lowest BCUT2D eigenvalue weighted by atomic mass is 10.1. The first kappa shape index (κ1) is 23.2. The predicted octanol–water partition coefficient (Wildman–Crippen LogP) is 3.65. The Labute approximate surface area is 176 Å². The van der Waals surface area contributed by atoms with E-state index in [1.807, 2.05) is 26.0 Å². The molecule has 0 fully saturated rings. The van der Waals surface area contributed by atoms with E-state index in [2.05, 4.69) is 5.32 Å². The molecule has 2 aromatic rings. The van der Waals surface area contributed by atoms with Crippen LogP contribution < -0.4 is 9.62 Å². The van der Waals surface area contributed by atoms with Gasteiger partial charge in [0.1, 0.15) is 11.9 Å². The highest BCUT2D eigenvalue weighted by molar-refractivity contribution is 7.98. The number of carbonyl (C=O) groups excluding carboxylic acids is 1. The summed E-state index contributed by atoms with van der Waals surface area (Å²) >= 11 is 1.50. The third-order valence-corrected chi connectivity index (χ3v) is 6.69. The Hall–Kier alpha value is -2.06. The summed E-state index contributed by atoms with van der Waals surface area (Å²) in [6.45, 7) is 5.63. The number of aryl methyl sites for hydroxylation is 2. The van der Waals surface area contributed by atoms with Gasteiger partial charge in [-0.25, -0.2) is 12.8 Å². The molecule has 0 heterocycles. The molecule has 2 rings (SSSR count). The van der Waals surface area contributed by atoms with Gasteiger partial charge in [-0.15, -0.1) is 0 Å². The van der Waals surface area contributed by atoms with Crippen LogP contribution in [0, 0.1) is 19.7 Å². The Balaban J connectivity index is 1.97. The maximum atomic E-state index is 13.6. The van der Waals surface area contributed by atoms with Crippen molar-refractivity contribution in [3.63, 3.8) is 0 Å². The van der Waals surface area contributed by atoms with E-state index in [-0.39, 0.29) is 11.7 Å². The largest absolute Gasteiger partial charge is 0.353 e. The second-order valence-electron chi connectivity index (χ2n) is 6.96. The molecule has 5 nitrogen and oxygen atoms in total. The number of sulfonamides is 1. The summed E-state index contributed by atoms with van der Waals surface area (Å²) in [5.41, 5.74) is 2.82. The fraction of sp³-hybridized carbons (Fsp3) is 0.381. The first-order chi connectivity index (χ1) is 13.6. The highest BCUT2D eigenvalue weighted by Gasteiger charge is 2.30. The van der Waals surface area contributed by atoms with Gasteiger partial charge in [-0.2, -0.15) is 11.8 Å². The quantitative estimate of drug-likeness (QED) is 0.607. The molecular formula is C21H27FN2O3S2. The maximum Gasteiger partial charge on any atom is 0.243 e. The van der Waals surface area contributed by atoms with Gasteiger partial charge in [0.2, 0.25) is 15.9 Å². The number of nitrogens with zero attached hydrogens (tertiary/aromatic N) is 1. The number of amides is 1. The van der Waals surface area contributed by atoms with E-state index < -0.39 is 16.1 Å². The molecule has 0 spiro atoms. The van der Waals surface area contributed by atoms with Crippen molar-refractivity contribution in [2.75, 3.05) is 22.9 Å². The van der Waals surface area contributed by atoms with Gasteiger partial charge >= 0.3 is 0 Å². The van der Waals surface area contributed by atoms with Gasteiger partial charge in [0, 0.05) is 18.1 Å². The molecule has 1 unspecified atom stereocenters. The standard InChI is InChI=1S/C21H27FN2O3S2/c1-15-9-10-16(2)20(13-15)24(29(4,26)27)17(3)21(25)23-11-12-28-14-18-7-5-6-8-19(18)22/h5-10,13,17H,11-12,14H2,1-4H3,(H,23,25). The van der Waals surface area contributed by atoms with Gasteiger partial charge < -0.3 is 5.32 Å². The van der Waals surface area contributed by atoms with E-state index in [4.69, 9.17) is 0 Å². The Kier molecular flexibility index (Phi) is 8.10. The number of rotatable bonds is 9. The molecule has 0 radical (unpaired) electrons. The summed E-state index contributed by atoms with van der Waals surface area (Å²) in [4.78, 5) is 12.6. The van der Waals surface area contributed by atoms with E-state index in [9.17, 15) is 17.6 Å². The second-order valence-corrected chi connectivity index (χ2v) is 9.92. The van der Waals surface area contributed by atoms with Crippen molar-refractivity contribution in [1.29, 1.82) is 0 Å². The van der Waals surface area contributed by atoms with Gasteiger partial charge in [-0.1, -0.05) is 30.3 Å². The number of anilines is 1. The number of benzene rings is 2. The molecule has 1 atom stereocenters. The number of hydrogen-bond acceptors (Lipinski definition) is 4. The number of carbonyl (C=O) groups is 1. The summed E-state index contributed by atoms with van der Waals surface area (Å²) in [6, 6.07) is 11.2. The lowest BCUT2D eigenvalue weighted by molar-refractivity contribution is -0.121. The SMILES string of the molecule is Cc1ccc(C)c(N(C(C)C(=O)NCCSCc2ccccc2F)S(C)(=O)=O)c1. The molecule has 8 heteroatoms. The van der Waals surface area contributed by atoms with Crippen molar-refractivity contribution < 1.29 is 17.6 Å². The van der Waals surface area contributed by atoms with Gasteiger partial charge in [0.05, 0.1) is 11.9 Å². The Bertz CT molecular complexity index is 964. The van der Waals surface area contributed by atoms with Crippen LogP contribution in [0.25, 0.3) is 0 Å². The zero-order valence-corrected chi connectivity index (χ0v) is 18.7. The Morgan fingerprint density at radius 3 is 2.55 bits per heavy atom. The van der Waals surface area contributed by atoms with Crippen molar-refractivity contribution >= 4 is 33.4 Å². The zero-order chi connectivity index (χ0) is 21.6. The minimum Gasteiger partial charge on any atom is -0.353 e. The van der Waals surface area contributed by atoms with Crippen LogP contribution in [-0.4, -0.2) is 38.9 Å². The van der Waals surface area contributed by atoms with Crippen molar-refractivity contribution in [3.05, 3.63) is 65.0 Å². The Morgan fingerprint density at radius 1 is 1.21 bits per heavy atom. The molecule has 0 aliphatic heterocycles. The van der Waals surface area contributed by atoms with Crippen LogP contribution in [0.15, 0.2) is 42.5 Å². The van der Waals surface area contributed by atoms with E-state index in [0.717, 1.165) is 21.7 Å². The number of hydrogen-bond donors (Lipinski definition) is 1. The lowest BCUT2D eigenvalue weighted by Crippen LogP contribution is -2.48. The Morgan fingerprint density at radius 2 is 1.90 bits per heavy atom. The van der Waals surface area contributed by atoms with Crippen LogP contribution in [-0.2, 0) is 20.6 Å². The van der Waals surface area contributed by atoms with Crippen LogP contribution in [0.2, 0.25) is 0 Å². The maximum absolute atomic E-state index is 13.6. The molecule has 0 aliphatic rings. The number of thioether (sulfide) groups is 1. The number of nitrogens with one attached hydrogen (secondary N) is 1. The number of halogens is 1. The van der Waals surface area contributed by atoms with E-state index >= 15 is 0 Å². The monoisotopic (exact) mass is 438 g/mol. The topological polar surface area (TPSA) is 66.5 Å². The van der Waals surface area contributed by atoms with Crippen molar-refractivity contribution in [2.45, 2.75) is 32.6 Å². The van der Waals surface area contributed by atoms with Gasteiger partial charge in [0.25, 0.3) is 0 Å². The third kappa shape index (κ3) is 6.47. The smallest absolute Gasteiger partial charge is 0.243 e. The van der Waals surface area contributed by atoms with Crippen LogP contribution >= 0.6 is 11.8 Å². The predicted molar refractivity (Wildman–Crippen MR) is 118 cm³/mol. The highest BCUT2D eigenvalue weighted by Crippen LogP contribution is 2.26. The van der Waals surface area contributed by atoms with Crippen LogP contribution in [0.1, 0.15) is 23.6 Å². The van der Waals surface area contributed by atoms with Gasteiger partial charge in [-0.3, -0.25) is 9.10 Å². The summed E-state index contributed by atoms with van der Waals surface area (Å²) in [5, 5.41) is 2.78. The minimum absolute atomic E-state index is 0.241. The second kappa shape index (κ2) is 10.1. The molecule has 0 aliphatic carbocycles. The minimum atomic E-state index is -3.65. The summed E-state index contributed by atoms with van der Waals surface area (Å²) < 4.78 is 39.6. The molecule has 0 aromatic heterocycles. The molecule has 29 heavy (non-hydrogen) atoms. The van der Waals surface area contributed by atoms with Crippen LogP contribution in [0.4, 0.5) is 10.1 Å². The normalized spacial score (nSPS) is 12.4. The zero-order valence-electron chi connectivity index (χ0n) is 17.1. The van der Waals surface area contributed by atoms with Crippen molar-refractivity contribution in [1.82, 2.24) is 5.32 Å². The average molecular weight is 439 g/mol. The average Bonchev–Trinajstić information content (AvgIpc) is 2.64. The van der Waals surface area contributed by atoms with E-state index in [0.29, 0.717) is 29.3 Å². The van der Waals surface area contributed by atoms with Gasteiger partial charge in [0.15, 0.2) is 0 Å². The molecule has 158 valence electrons. The molecular weight excluding hydrogens is 411 g/mol. The van der Waals surface area contributed by atoms with Crippen molar-refractivity contribution in [3.8, 4) is 0 Å². The summed E-state index contributed by atoms with van der Waals surface area (Å²) in [7, 11) is -3.65. The molecule has 0 bridgehead atoms. The van der Waals surface area contributed by atoms with E-state index in [1.54, 1.807) is 31.2 Å². The highest BCUT2D eigenvalue weighted by atomic mass is 32.2. The van der Waals surface area contributed by atoms with Gasteiger partial charge in [-0.05, 0) is 49.6 Å². The van der Waals surface area contributed by atoms with Crippen LogP contribution in [0.5, 0.6) is 0 Å². The molecule has 1 amide bonds. The fourth-order valence-corrected chi connectivity index (χ4v) is 5.00. The van der Waals surface area contributed by atoms with Crippen LogP contribution in [0.3, 0.4) is 0 Å². The first-order valence-electron chi connectivity index (χ1n) is 9.26. The molecule has 0 saturated carbocycles. The first-order valence-corrected chi connectivity index (χ1v) is 12.3. The molecule has 2 aromatic carbocycles. The third-order valence-electron chi connectivity index (χ3n) is 4.45. The lowest BCUT2D eigenvalue weighted by Gasteiger charge is -2.29. The molecule has 1 N–H and O–H groups in total.